The van der Waals surface area contributed by atoms with Gasteiger partial charge in [-0.25, -0.2) is 14.8 Å². The molecule has 208 valence electrons. The number of hydrogen-bond acceptors (Lipinski definition) is 7. The number of imidazole rings is 2. The molecule has 0 saturated heterocycles. The number of aryl methyl sites for hydroxylation is 1. The van der Waals surface area contributed by atoms with Crippen LogP contribution in [0.2, 0.25) is 0 Å². The van der Waals surface area contributed by atoms with Gasteiger partial charge in [0.05, 0.1) is 41.4 Å². The summed E-state index contributed by atoms with van der Waals surface area (Å²) in [6.45, 7) is 5.49. The number of fused-ring (bicyclic) bond motifs is 2. The number of para-hydroxylation sites is 1. The maximum absolute atomic E-state index is 12.8. The van der Waals surface area contributed by atoms with Crippen LogP contribution in [0.25, 0.3) is 11.0 Å². The summed E-state index contributed by atoms with van der Waals surface area (Å²) in [6, 6.07) is 11.7. The number of rotatable bonds is 8. The summed E-state index contributed by atoms with van der Waals surface area (Å²) in [7, 11) is 1.92. The summed E-state index contributed by atoms with van der Waals surface area (Å²) in [5.41, 5.74) is 4.16. The lowest BCUT2D eigenvalue weighted by molar-refractivity contribution is 0.0691. The molecule has 0 spiro atoms. The van der Waals surface area contributed by atoms with Gasteiger partial charge in [-0.3, -0.25) is 4.79 Å². The van der Waals surface area contributed by atoms with Gasteiger partial charge in [0.25, 0.3) is 5.91 Å². The molecular weight excluding hydrogens is 514 g/mol. The summed E-state index contributed by atoms with van der Waals surface area (Å²) in [5, 5.41) is 24.5. The van der Waals surface area contributed by atoms with Crippen molar-refractivity contribution in [3.63, 3.8) is 0 Å². The summed E-state index contributed by atoms with van der Waals surface area (Å²) in [4.78, 5) is 39.2. The van der Waals surface area contributed by atoms with E-state index in [9.17, 15) is 14.7 Å². The number of carbonyl (C=O) groups excluding carboxylic acids is 1. The Labute approximate surface area is 230 Å². The lowest BCUT2D eigenvalue weighted by Gasteiger charge is -2.26. The first-order valence-corrected chi connectivity index (χ1v) is 13.0. The molecule has 5 rings (SSSR count). The number of amides is 1. The molecule has 1 aliphatic heterocycles. The van der Waals surface area contributed by atoms with E-state index < -0.39 is 5.97 Å². The smallest absolute Gasteiger partial charge is 0.339 e. The maximum Gasteiger partial charge on any atom is 0.339 e. The molecule has 0 fully saturated rings. The summed E-state index contributed by atoms with van der Waals surface area (Å²) in [6.07, 6.45) is 0.754. The number of oxime groups is 1. The van der Waals surface area contributed by atoms with Crippen LogP contribution in [-0.4, -0.2) is 72.1 Å². The number of carboxylic acid groups (broad SMARTS) is 1. The molecule has 2 aromatic heterocycles. The maximum atomic E-state index is 12.8. The van der Waals surface area contributed by atoms with Gasteiger partial charge in [-0.15, -0.1) is 0 Å². The average Bonchev–Trinajstić information content (AvgIpc) is 3.54. The number of aromatic nitrogens is 4. The number of benzene rings is 2. The SMILES string of the molecule is C/C(=N\O)N1CCc2nc(C(C)c3nc4ccc(C(=O)NCCOc5ccccc5C(=O)O)cc4n3C)[nH]c2C1. The third-order valence-electron chi connectivity index (χ3n) is 7.19. The number of carboxylic acids is 1. The van der Waals surface area contributed by atoms with E-state index in [1.54, 1.807) is 37.3 Å². The monoisotopic (exact) mass is 545 g/mol. The normalized spacial score (nSPS) is 14.2. The molecule has 3 heterocycles. The van der Waals surface area contributed by atoms with E-state index >= 15 is 0 Å². The molecule has 0 aliphatic carbocycles. The highest BCUT2D eigenvalue weighted by Gasteiger charge is 2.25. The largest absolute Gasteiger partial charge is 0.491 e. The Morgan fingerprint density at radius 3 is 2.80 bits per heavy atom. The molecule has 0 bridgehead atoms. The number of ether oxygens (including phenoxy) is 1. The molecular formula is C28H31N7O5. The highest BCUT2D eigenvalue weighted by molar-refractivity contribution is 5.97. The molecule has 12 nitrogen and oxygen atoms in total. The van der Waals surface area contributed by atoms with E-state index in [-0.39, 0.29) is 36.3 Å². The summed E-state index contributed by atoms with van der Waals surface area (Å²) >= 11 is 0. The predicted octanol–water partition coefficient (Wildman–Crippen LogP) is 3.12. The van der Waals surface area contributed by atoms with Crippen LogP contribution in [0.5, 0.6) is 5.75 Å². The van der Waals surface area contributed by atoms with Gasteiger partial charge >= 0.3 is 5.97 Å². The molecule has 1 aliphatic rings. The molecule has 4 aromatic rings. The van der Waals surface area contributed by atoms with Crippen molar-refractivity contribution in [2.24, 2.45) is 12.2 Å². The Morgan fingerprint density at radius 2 is 2.02 bits per heavy atom. The van der Waals surface area contributed by atoms with Crippen LogP contribution in [0.1, 0.15) is 63.5 Å². The van der Waals surface area contributed by atoms with Crippen LogP contribution in [0.15, 0.2) is 47.6 Å². The molecule has 0 radical (unpaired) electrons. The molecule has 4 N–H and O–H groups in total. The molecule has 0 saturated carbocycles. The number of H-pyrrole nitrogens is 1. The average molecular weight is 546 g/mol. The molecule has 2 aromatic carbocycles. The topological polar surface area (TPSA) is 158 Å². The first-order chi connectivity index (χ1) is 19.3. The fourth-order valence-electron chi connectivity index (χ4n) is 4.92. The van der Waals surface area contributed by atoms with Gasteiger partial charge in [0.2, 0.25) is 0 Å². The molecule has 12 heteroatoms. The Morgan fingerprint density at radius 1 is 1.23 bits per heavy atom. The van der Waals surface area contributed by atoms with Crippen molar-refractivity contribution in [3.05, 3.63) is 76.6 Å². The number of nitrogens with zero attached hydrogens (tertiary/aromatic N) is 5. The second-order valence-electron chi connectivity index (χ2n) is 9.73. The van der Waals surface area contributed by atoms with Gasteiger partial charge in [-0.1, -0.05) is 17.3 Å². The highest BCUT2D eigenvalue weighted by atomic mass is 16.5. The van der Waals surface area contributed by atoms with E-state index in [2.05, 4.69) is 15.5 Å². The zero-order valence-electron chi connectivity index (χ0n) is 22.5. The first-order valence-electron chi connectivity index (χ1n) is 13.0. The third-order valence-corrected chi connectivity index (χ3v) is 7.19. The van der Waals surface area contributed by atoms with Gasteiger partial charge in [0.15, 0.2) is 0 Å². The Bertz CT molecular complexity index is 1610. The Hall–Kier alpha value is -4.87. The molecule has 1 unspecified atom stereocenters. The minimum Gasteiger partial charge on any atom is -0.491 e. The van der Waals surface area contributed by atoms with E-state index in [1.165, 1.54) is 6.07 Å². The van der Waals surface area contributed by atoms with Crippen molar-refractivity contribution < 1.29 is 24.6 Å². The van der Waals surface area contributed by atoms with Crippen LogP contribution in [0.3, 0.4) is 0 Å². The van der Waals surface area contributed by atoms with E-state index in [1.807, 2.05) is 29.5 Å². The summed E-state index contributed by atoms with van der Waals surface area (Å²) in [5.74, 6) is 0.997. The molecule has 1 atom stereocenters. The number of carbonyl (C=O) groups is 2. The fourth-order valence-corrected chi connectivity index (χ4v) is 4.92. The minimum absolute atomic E-state index is 0.0726. The number of hydrogen-bond donors (Lipinski definition) is 4. The van der Waals surface area contributed by atoms with E-state index in [0.29, 0.717) is 17.9 Å². The van der Waals surface area contributed by atoms with Gasteiger partial charge in [-0.05, 0) is 44.2 Å². The van der Waals surface area contributed by atoms with Crippen LogP contribution in [0.4, 0.5) is 0 Å². The van der Waals surface area contributed by atoms with Crippen LogP contribution < -0.4 is 10.1 Å². The Kier molecular flexibility index (Phi) is 7.41. The minimum atomic E-state index is -1.07. The standard InChI is InChI=1S/C28H31N7O5/c1-16(25-30-20-10-12-35(17(2)33-39)15-22(20)31-25)26-32-21-9-8-18(14-23(21)34(26)3)27(36)29-11-13-40-24-7-5-4-6-19(24)28(37)38/h4-9,14,16,39H,10-13,15H2,1-3H3,(H,29,36)(H,30,31)(H,37,38)/b33-17+. The fraction of sp³-hybridized carbons (Fsp3) is 0.321. The molecule has 1 amide bonds. The number of aromatic carboxylic acids is 1. The zero-order valence-corrected chi connectivity index (χ0v) is 22.5. The Balaban J connectivity index is 1.26. The first kappa shape index (κ1) is 26.7. The van der Waals surface area contributed by atoms with Crippen LogP contribution in [0, 0.1) is 0 Å². The lowest BCUT2D eigenvalue weighted by atomic mass is 10.1. The van der Waals surface area contributed by atoms with Gasteiger partial charge in [0.1, 0.15) is 35.4 Å². The van der Waals surface area contributed by atoms with Gasteiger partial charge in [0, 0.05) is 25.6 Å². The number of nitrogens with one attached hydrogen (secondary N) is 2. The van der Waals surface area contributed by atoms with Crippen LogP contribution in [-0.2, 0) is 20.0 Å². The van der Waals surface area contributed by atoms with Crippen molar-refractivity contribution >= 4 is 28.7 Å². The van der Waals surface area contributed by atoms with E-state index in [4.69, 9.17) is 19.9 Å². The number of aromatic amines is 1. The zero-order chi connectivity index (χ0) is 28.4. The molecule has 40 heavy (non-hydrogen) atoms. The second kappa shape index (κ2) is 11.1. The van der Waals surface area contributed by atoms with Crippen molar-refractivity contribution in [1.82, 2.24) is 29.7 Å². The quantitative estimate of drug-likeness (QED) is 0.0864. The third kappa shape index (κ3) is 5.20. The predicted molar refractivity (Wildman–Crippen MR) is 147 cm³/mol. The van der Waals surface area contributed by atoms with Crippen molar-refractivity contribution in [3.8, 4) is 5.75 Å². The van der Waals surface area contributed by atoms with Crippen molar-refractivity contribution in [2.75, 3.05) is 19.7 Å². The van der Waals surface area contributed by atoms with Gasteiger partial charge < -0.3 is 34.8 Å². The second-order valence-corrected chi connectivity index (χ2v) is 9.73. The lowest BCUT2D eigenvalue weighted by Crippen LogP contribution is -2.34. The van der Waals surface area contributed by atoms with Gasteiger partial charge in [-0.2, -0.15) is 0 Å². The van der Waals surface area contributed by atoms with Crippen molar-refractivity contribution in [1.29, 1.82) is 0 Å². The summed E-state index contributed by atoms with van der Waals surface area (Å²) < 4.78 is 7.53. The van der Waals surface area contributed by atoms with Crippen molar-refractivity contribution in [2.45, 2.75) is 32.7 Å². The number of amidine groups is 1. The van der Waals surface area contributed by atoms with Crippen LogP contribution >= 0.6 is 0 Å². The van der Waals surface area contributed by atoms with E-state index in [0.717, 1.165) is 47.0 Å². The highest BCUT2D eigenvalue weighted by Crippen LogP contribution is 2.28.